The Morgan fingerprint density at radius 1 is 1.22 bits per heavy atom. The van der Waals surface area contributed by atoms with E-state index in [9.17, 15) is 18.0 Å². The van der Waals surface area contributed by atoms with Crippen molar-refractivity contribution in [2.24, 2.45) is 0 Å². The lowest BCUT2D eigenvalue weighted by Crippen LogP contribution is -2.22. The molecule has 0 saturated heterocycles. The number of aromatic nitrogens is 3. The molecule has 27 heavy (non-hydrogen) atoms. The summed E-state index contributed by atoms with van der Waals surface area (Å²) in [6.45, 7) is 1.47. The quantitative estimate of drug-likeness (QED) is 0.739. The van der Waals surface area contributed by atoms with E-state index in [1.54, 1.807) is 12.1 Å². The van der Waals surface area contributed by atoms with Gasteiger partial charge < -0.3 is 10.1 Å². The zero-order valence-electron chi connectivity index (χ0n) is 14.2. The van der Waals surface area contributed by atoms with Gasteiger partial charge in [-0.3, -0.25) is 4.79 Å². The molecule has 140 valence electrons. The van der Waals surface area contributed by atoms with Gasteiger partial charge in [-0.1, -0.05) is 18.2 Å². The molecule has 0 aliphatic carbocycles. The first-order chi connectivity index (χ1) is 12.8. The van der Waals surface area contributed by atoms with Crippen LogP contribution in [0.5, 0.6) is 5.75 Å². The normalized spacial score (nSPS) is 11.3. The molecule has 0 atom stereocenters. The van der Waals surface area contributed by atoms with Crippen molar-refractivity contribution in [3.8, 4) is 11.4 Å². The van der Waals surface area contributed by atoms with E-state index < -0.39 is 17.6 Å². The zero-order chi connectivity index (χ0) is 19.4. The van der Waals surface area contributed by atoms with E-state index >= 15 is 0 Å². The SMILES string of the molecule is Cc1ccccc1OCC(=O)Nc1cc(C(F)(F)F)ccc1-n1cncn1. The number of carbonyl (C=O) groups is 1. The van der Waals surface area contributed by atoms with Crippen LogP contribution in [0.1, 0.15) is 11.1 Å². The van der Waals surface area contributed by atoms with Gasteiger partial charge >= 0.3 is 6.18 Å². The van der Waals surface area contributed by atoms with Gasteiger partial charge in [0, 0.05) is 0 Å². The minimum atomic E-state index is -4.54. The number of amides is 1. The first-order valence-corrected chi connectivity index (χ1v) is 7.89. The number of alkyl halides is 3. The van der Waals surface area contributed by atoms with E-state index in [4.69, 9.17) is 4.74 Å². The number of benzene rings is 2. The summed E-state index contributed by atoms with van der Waals surface area (Å²) in [5.74, 6) is -0.0767. The molecule has 0 spiro atoms. The molecule has 0 unspecified atom stereocenters. The number of para-hydroxylation sites is 1. The van der Waals surface area contributed by atoms with E-state index in [2.05, 4.69) is 15.4 Å². The van der Waals surface area contributed by atoms with Gasteiger partial charge in [0.05, 0.1) is 16.9 Å². The van der Waals surface area contributed by atoms with Crippen molar-refractivity contribution in [3.63, 3.8) is 0 Å². The monoisotopic (exact) mass is 376 g/mol. The highest BCUT2D eigenvalue weighted by atomic mass is 19.4. The molecule has 1 aromatic heterocycles. The third-order valence-corrected chi connectivity index (χ3v) is 3.72. The Morgan fingerprint density at radius 2 is 2.00 bits per heavy atom. The topological polar surface area (TPSA) is 69.0 Å². The molecule has 0 aliphatic heterocycles. The van der Waals surface area contributed by atoms with E-state index in [-0.39, 0.29) is 18.0 Å². The highest BCUT2D eigenvalue weighted by Gasteiger charge is 2.31. The van der Waals surface area contributed by atoms with Gasteiger partial charge in [-0.25, -0.2) is 9.67 Å². The number of aryl methyl sites for hydroxylation is 1. The second-order valence-corrected chi connectivity index (χ2v) is 5.67. The van der Waals surface area contributed by atoms with Crippen molar-refractivity contribution in [2.45, 2.75) is 13.1 Å². The zero-order valence-corrected chi connectivity index (χ0v) is 14.2. The second kappa shape index (κ2) is 7.48. The molecule has 1 amide bonds. The molecule has 6 nitrogen and oxygen atoms in total. The van der Waals surface area contributed by atoms with Crippen LogP contribution in [-0.2, 0) is 11.0 Å². The summed E-state index contributed by atoms with van der Waals surface area (Å²) in [6, 6.07) is 10.1. The summed E-state index contributed by atoms with van der Waals surface area (Å²) in [4.78, 5) is 16.0. The van der Waals surface area contributed by atoms with Crippen molar-refractivity contribution < 1.29 is 22.7 Å². The predicted octanol–water partition coefficient (Wildman–Crippen LogP) is 3.61. The number of anilines is 1. The molecule has 1 N–H and O–H groups in total. The Balaban J connectivity index is 1.81. The summed E-state index contributed by atoms with van der Waals surface area (Å²) in [5.41, 5.74) is 0.160. The smallest absolute Gasteiger partial charge is 0.416 e. The van der Waals surface area contributed by atoms with Crippen molar-refractivity contribution >= 4 is 11.6 Å². The van der Waals surface area contributed by atoms with Crippen LogP contribution in [-0.4, -0.2) is 27.3 Å². The third-order valence-electron chi connectivity index (χ3n) is 3.72. The molecular formula is C18H15F3N4O2. The van der Waals surface area contributed by atoms with Crippen LogP contribution in [0.15, 0.2) is 55.1 Å². The van der Waals surface area contributed by atoms with Crippen LogP contribution in [0.4, 0.5) is 18.9 Å². The fourth-order valence-electron chi connectivity index (χ4n) is 2.39. The Labute approximate surface area is 152 Å². The number of hydrogen-bond acceptors (Lipinski definition) is 4. The van der Waals surface area contributed by atoms with Crippen LogP contribution in [0, 0.1) is 6.92 Å². The van der Waals surface area contributed by atoms with Gasteiger partial charge in [0.15, 0.2) is 6.61 Å². The lowest BCUT2D eigenvalue weighted by atomic mass is 10.1. The number of ether oxygens (including phenoxy) is 1. The fraction of sp³-hybridized carbons (Fsp3) is 0.167. The number of hydrogen-bond donors (Lipinski definition) is 1. The molecule has 0 radical (unpaired) electrons. The van der Waals surface area contributed by atoms with Gasteiger partial charge in [-0.2, -0.15) is 18.3 Å². The van der Waals surface area contributed by atoms with Crippen LogP contribution in [0.3, 0.4) is 0 Å². The minimum absolute atomic E-state index is 0.0475. The molecule has 9 heteroatoms. The van der Waals surface area contributed by atoms with Crippen molar-refractivity contribution in [2.75, 3.05) is 11.9 Å². The summed E-state index contributed by atoms with van der Waals surface area (Å²) < 4.78 is 45.8. The maximum Gasteiger partial charge on any atom is 0.416 e. The number of rotatable bonds is 5. The summed E-state index contributed by atoms with van der Waals surface area (Å²) in [5, 5.41) is 6.34. The third kappa shape index (κ3) is 4.43. The first-order valence-electron chi connectivity index (χ1n) is 7.89. The molecule has 3 rings (SSSR count). The molecule has 3 aromatic rings. The van der Waals surface area contributed by atoms with Gasteiger partial charge in [-0.05, 0) is 36.8 Å². The second-order valence-electron chi connectivity index (χ2n) is 5.67. The van der Waals surface area contributed by atoms with Gasteiger partial charge in [0.2, 0.25) is 0 Å². The van der Waals surface area contributed by atoms with E-state index in [1.165, 1.54) is 23.4 Å². The average molecular weight is 376 g/mol. The Hall–Kier alpha value is -3.36. The highest BCUT2D eigenvalue weighted by molar-refractivity contribution is 5.94. The van der Waals surface area contributed by atoms with Crippen molar-refractivity contribution in [1.82, 2.24) is 14.8 Å². The van der Waals surface area contributed by atoms with Gasteiger partial charge in [0.25, 0.3) is 5.91 Å². The largest absolute Gasteiger partial charge is 0.483 e. The number of nitrogens with zero attached hydrogens (tertiary/aromatic N) is 3. The molecule has 1 heterocycles. The first kappa shape index (κ1) is 18.4. The average Bonchev–Trinajstić information content (AvgIpc) is 3.14. The molecule has 0 saturated carbocycles. The lowest BCUT2D eigenvalue weighted by Gasteiger charge is -2.15. The highest BCUT2D eigenvalue weighted by Crippen LogP contribution is 2.33. The molecule has 2 aromatic carbocycles. The van der Waals surface area contributed by atoms with Crippen molar-refractivity contribution in [1.29, 1.82) is 0 Å². The van der Waals surface area contributed by atoms with Crippen LogP contribution < -0.4 is 10.1 Å². The van der Waals surface area contributed by atoms with Crippen LogP contribution >= 0.6 is 0 Å². The summed E-state index contributed by atoms with van der Waals surface area (Å²) >= 11 is 0. The summed E-state index contributed by atoms with van der Waals surface area (Å²) in [6.07, 6.45) is -1.98. The van der Waals surface area contributed by atoms with Gasteiger partial charge in [-0.15, -0.1) is 0 Å². The van der Waals surface area contributed by atoms with Crippen molar-refractivity contribution in [3.05, 3.63) is 66.2 Å². The minimum Gasteiger partial charge on any atom is -0.483 e. The molecular weight excluding hydrogens is 361 g/mol. The standard InChI is InChI=1S/C18H15F3N4O2/c1-12-4-2-3-5-16(12)27-9-17(26)24-14-8-13(18(19,20)21)6-7-15(14)25-11-22-10-23-25/h2-8,10-11H,9H2,1H3,(H,24,26). The number of carbonyl (C=O) groups excluding carboxylic acids is 1. The molecule has 0 fully saturated rings. The van der Waals surface area contributed by atoms with Crippen LogP contribution in [0.2, 0.25) is 0 Å². The number of nitrogens with one attached hydrogen (secondary N) is 1. The maximum absolute atomic E-state index is 13.0. The molecule has 0 aliphatic rings. The Kier molecular flexibility index (Phi) is 5.11. The van der Waals surface area contributed by atoms with E-state index in [1.807, 2.05) is 19.1 Å². The van der Waals surface area contributed by atoms with Gasteiger partial charge in [0.1, 0.15) is 18.4 Å². The maximum atomic E-state index is 13.0. The summed E-state index contributed by atoms with van der Waals surface area (Å²) in [7, 11) is 0. The molecule has 0 bridgehead atoms. The van der Waals surface area contributed by atoms with E-state index in [0.717, 1.165) is 17.7 Å². The number of halogens is 3. The Bertz CT molecular complexity index is 940. The van der Waals surface area contributed by atoms with E-state index in [0.29, 0.717) is 5.75 Å². The van der Waals surface area contributed by atoms with Crippen LogP contribution in [0.25, 0.3) is 5.69 Å². The Morgan fingerprint density at radius 3 is 2.67 bits per heavy atom. The predicted molar refractivity (Wildman–Crippen MR) is 91.7 cm³/mol. The fourth-order valence-corrected chi connectivity index (χ4v) is 2.39. The lowest BCUT2D eigenvalue weighted by molar-refractivity contribution is -0.137.